The van der Waals surface area contributed by atoms with E-state index in [1.807, 2.05) is 6.07 Å². The number of aromatic nitrogens is 1. The van der Waals surface area contributed by atoms with Crippen molar-refractivity contribution in [2.75, 3.05) is 11.9 Å². The fourth-order valence-corrected chi connectivity index (χ4v) is 2.96. The predicted molar refractivity (Wildman–Crippen MR) is 83.4 cm³/mol. The van der Waals surface area contributed by atoms with Crippen molar-refractivity contribution in [2.45, 2.75) is 50.6 Å². The van der Waals surface area contributed by atoms with Gasteiger partial charge in [0.15, 0.2) is 0 Å². The van der Waals surface area contributed by atoms with Gasteiger partial charge in [-0.15, -0.1) is 0 Å². The number of nitrogens with one attached hydrogen (secondary N) is 1. The first kappa shape index (κ1) is 14.8. The van der Waals surface area contributed by atoms with Crippen molar-refractivity contribution in [3.8, 4) is 0 Å². The molecule has 0 spiro atoms. The van der Waals surface area contributed by atoms with Gasteiger partial charge in [-0.3, -0.25) is 9.59 Å². The van der Waals surface area contributed by atoms with E-state index >= 15 is 0 Å². The topological polar surface area (TPSA) is 88.3 Å². The Bertz CT molecular complexity index is 548. The van der Waals surface area contributed by atoms with Gasteiger partial charge >= 0.3 is 0 Å². The normalized spacial score (nSPS) is 18.2. The standard InChI is InChI=1S/C16H22N4O2/c17-14(21)10-20(13-3-1-2-4-13)16(22)11-5-8-15(18-9-11)19-12-6-7-12/h5,8-9,12-13H,1-4,6-7,10H2,(H2,17,21)(H,18,19). The molecule has 0 bridgehead atoms. The number of anilines is 1. The third kappa shape index (κ3) is 3.55. The number of rotatable bonds is 6. The number of hydrogen-bond donors (Lipinski definition) is 2. The first-order valence-electron chi connectivity index (χ1n) is 7.95. The first-order valence-corrected chi connectivity index (χ1v) is 7.95. The average molecular weight is 302 g/mol. The van der Waals surface area contributed by atoms with E-state index in [-0.39, 0.29) is 18.5 Å². The van der Waals surface area contributed by atoms with E-state index in [4.69, 9.17) is 5.73 Å². The van der Waals surface area contributed by atoms with Gasteiger partial charge in [0.2, 0.25) is 5.91 Å². The molecule has 118 valence electrons. The van der Waals surface area contributed by atoms with E-state index in [9.17, 15) is 9.59 Å². The largest absolute Gasteiger partial charge is 0.368 e. The Morgan fingerprint density at radius 3 is 2.50 bits per heavy atom. The lowest BCUT2D eigenvalue weighted by atomic mass is 10.1. The average Bonchev–Trinajstić information content (AvgIpc) is 3.15. The molecule has 2 fully saturated rings. The van der Waals surface area contributed by atoms with Crippen LogP contribution in [0.4, 0.5) is 5.82 Å². The zero-order valence-corrected chi connectivity index (χ0v) is 12.6. The molecule has 6 heteroatoms. The molecule has 0 atom stereocenters. The molecule has 0 saturated heterocycles. The number of nitrogens with two attached hydrogens (primary N) is 1. The third-order valence-electron chi connectivity index (χ3n) is 4.29. The van der Waals surface area contributed by atoms with Gasteiger partial charge in [-0.2, -0.15) is 0 Å². The van der Waals surface area contributed by atoms with E-state index < -0.39 is 5.91 Å². The van der Waals surface area contributed by atoms with Crippen molar-refractivity contribution in [3.05, 3.63) is 23.9 Å². The number of carbonyl (C=O) groups excluding carboxylic acids is 2. The molecule has 0 aliphatic heterocycles. The van der Waals surface area contributed by atoms with Crippen molar-refractivity contribution in [3.63, 3.8) is 0 Å². The highest BCUT2D eigenvalue weighted by Crippen LogP contribution is 2.26. The van der Waals surface area contributed by atoms with Crippen molar-refractivity contribution in [1.29, 1.82) is 0 Å². The highest BCUT2D eigenvalue weighted by atomic mass is 16.2. The van der Waals surface area contributed by atoms with Crippen LogP contribution in [-0.4, -0.2) is 40.3 Å². The van der Waals surface area contributed by atoms with Crippen LogP contribution in [0.1, 0.15) is 48.9 Å². The van der Waals surface area contributed by atoms with Crippen LogP contribution in [0, 0.1) is 0 Å². The first-order chi connectivity index (χ1) is 10.6. The summed E-state index contributed by atoms with van der Waals surface area (Å²) in [5.74, 6) is 0.165. The third-order valence-corrected chi connectivity index (χ3v) is 4.29. The summed E-state index contributed by atoms with van der Waals surface area (Å²) in [5.41, 5.74) is 5.81. The minimum Gasteiger partial charge on any atom is -0.368 e. The van der Waals surface area contributed by atoms with Crippen molar-refractivity contribution in [2.24, 2.45) is 5.73 Å². The molecular formula is C16H22N4O2. The quantitative estimate of drug-likeness (QED) is 0.834. The molecule has 2 aliphatic carbocycles. The molecule has 3 rings (SSSR count). The van der Waals surface area contributed by atoms with Crippen molar-refractivity contribution in [1.82, 2.24) is 9.88 Å². The maximum absolute atomic E-state index is 12.7. The summed E-state index contributed by atoms with van der Waals surface area (Å²) >= 11 is 0. The summed E-state index contributed by atoms with van der Waals surface area (Å²) < 4.78 is 0. The summed E-state index contributed by atoms with van der Waals surface area (Å²) in [6.45, 7) is -0.0222. The lowest BCUT2D eigenvalue weighted by Gasteiger charge is -2.27. The summed E-state index contributed by atoms with van der Waals surface area (Å²) in [4.78, 5) is 29.9. The van der Waals surface area contributed by atoms with Crippen LogP contribution in [0.5, 0.6) is 0 Å². The number of hydrogen-bond acceptors (Lipinski definition) is 4. The van der Waals surface area contributed by atoms with Gasteiger partial charge in [-0.1, -0.05) is 12.8 Å². The maximum Gasteiger partial charge on any atom is 0.256 e. The second-order valence-corrected chi connectivity index (χ2v) is 6.19. The fourth-order valence-electron chi connectivity index (χ4n) is 2.96. The molecule has 1 aromatic rings. The molecule has 1 aromatic heterocycles. The molecule has 1 heterocycles. The lowest BCUT2D eigenvalue weighted by Crippen LogP contribution is -2.44. The number of nitrogens with zero attached hydrogens (tertiary/aromatic N) is 2. The zero-order chi connectivity index (χ0) is 15.5. The monoisotopic (exact) mass is 302 g/mol. The van der Waals surface area contributed by atoms with Crippen LogP contribution in [0.25, 0.3) is 0 Å². The minimum absolute atomic E-state index is 0.0222. The molecule has 2 aliphatic rings. The Morgan fingerprint density at radius 2 is 1.95 bits per heavy atom. The van der Waals surface area contributed by atoms with Crippen LogP contribution < -0.4 is 11.1 Å². The van der Waals surface area contributed by atoms with Crippen LogP contribution in [0.3, 0.4) is 0 Å². The summed E-state index contributed by atoms with van der Waals surface area (Å²) in [6, 6.07) is 4.23. The predicted octanol–water partition coefficient (Wildman–Crippen LogP) is 1.53. The van der Waals surface area contributed by atoms with Gasteiger partial charge in [-0.25, -0.2) is 4.98 Å². The lowest BCUT2D eigenvalue weighted by molar-refractivity contribution is -0.119. The molecule has 0 aromatic carbocycles. The second-order valence-electron chi connectivity index (χ2n) is 6.19. The maximum atomic E-state index is 12.7. The summed E-state index contributed by atoms with van der Waals surface area (Å²) in [5, 5.41) is 3.29. The van der Waals surface area contributed by atoms with E-state index in [1.165, 1.54) is 12.8 Å². The molecule has 2 saturated carbocycles. The van der Waals surface area contributed by atoms with E-state index in [0.29, 0.717) is 11.6 Å². The highest BCUT2D eigenvalue weighted by Gasteiger charge is 2.29. The number of pyridine rings is 1. The number of carbonyl (C=O) groups is 2. The molecule has 22 heavy (non-hydrogen) atoms. The van der Waals surface area contributed by atoms with Gasteiger partial charge in [-0.05, 0) is 37.8 Å². The molecule has 6 nitrogen and oxygen atoms in total. The Morgan fingerprint density at radius 1 is 1.23 bits per heavy atom. The molecule has 3 N–H and O–H groups in total. The second kappa shape index (κ2) is 6.34. The Hall–Kier alpha value is -2.11. The Balaban J connectivity index is 1.71. The van der Waals surface area contributed by atoms with E-state index in [0.717, 1.165) is 31.5 Å². The van der Waals surface area contributed by atoms with Gasteiger partial charge in [0, 0.05) is 18.3 Å². The van der Waals surface area contributed by atoms with Gasteiger partial charge in [0.05, 0.1) is 12.1 Å². The molecule has 0 unspecified atom stereocenters. The van der Waals surface area contributed by atoms with E-state index in [1.54, 1.807) is 17.2 Å². The molecule has 2 amide bonds. The molecule has 0 radical (unpaired) electrons. The zero-order valence-electron chi connectivity index (χ0n) is 12.6. The highest BCUT2D eigenvalue weighted by molar-refractivity contribution is 5.96. The van der Waals surface area contributed by atoms with Crippen LogP contribution in [-0.2, 0) is 4.79 Å². The summed E-state index contributed by atoms with van der Waals surface area (Å²) in [7, 11) is 0. The Kier molecular flexibility index (Phi) is 4.27. The van der Waals surface area contributed by atoms with Crippen LogP contribution in [0.15, 0.2) is 18.3 Å². The van der Waals surface area contributed by atoms with Gasteiger partial charge in [0.1, 0.15) is 5.82 Å². The van der Waals surface area contributed by atoms with Crippen LogP contribution in [0.2, 0.25) is 0 Å². The van der Waals surface area contributed by atoms with Gasteiger partial charge in [0.25, 0.3) is 5.91 Å². The van der Waals surface area contributed by atoms with Gasteiger partial charge < -0.3 is 16.0 Å². The van der Waals surface area contributed by atoms with E-state index in [2.05, 4.69) is 10.3 Å². The smallest absolute Gasteiger partial charge is 0.256 e. The molecular weight excluding hydrogens is 280 g/mol. The van der Waals surface area contributed by atoms with Crippen LogP contribution >= 0.6 is 0 Å². The minimum atomic E-state index is -0.472. The summed E-state index contributed by atoms with van der Waals surface area (Å²) in [6.07, 6.45) is 8.00. The fraction of sp³-hybridized carbons (Fsp3) is 0.562. The SMILES string of the molecule is NC(=O)CN(C(=O)c1ccc(NC2CC2)nc1)C1CCCC1. The Labute approximate surface area is 130 Å². The van der Waals surface area contributed by atoms with Crippen molar-refractivity contribution < 1.29 is 9.59 Å². The number of primary amides is 1. The van der Waals surface area contributed by atoms with Crippen molar-refractivity contribution >= 4 is 17.6 Å². The number of amides is 2.